The van der Waals surface area contributed by atoms with E-state index in [9.17, 15) is 9.59 Å². The molecule has 2 aromatic heterocycles. The zero-order chi connectivity index (χ0) is 20.7. The second kappa shape index (κ2) is 7.20. The summed E-state index contributed by atoms with van der Waals surface area (Å²) >= 11 is 1.57. The number of anilines is 1. The molecule has 0 saturated carbocycles. The Bertz CT molecular complexity index is 1450. The van der Waals surface area contributed by atoms with Crippen molar-refractivity contribution in [3.05, 3.63) is 88.8 Å². The normalized spacial score (nSPS) is 11.1. The highest BCUT2D eigenvalue weighted by Crippen LogP contribution is 2.34. The number of hydrogen-bond acceptors (Lipinski definition) is 5. The van der Waals surface area contributed by atoms with E-state index in [1.165, 1.54) is 4.68 Å². The van der Waals surface area contributed by atoms with Crippen LogP contribution in [0.5, 0.6) is 0 Å². The molecule has 5 aromatic rings. The summed E-state index contributed by atoms with van der Waals surface area (Å²) in [5.41, 5.74) is 2.36. The van der Waals surface area contributed by atoms with Gasteiger partial charge in [0, 0.05) is 18.0 Å². The topological polar surface area (TPSA) is 76.9 Å². The molecule has 3 aromatic carbocycles. The van der Waals surface area contributed by atoms with E-state index >= 15 is 0 Å². The van der Waals surface area contributed by atoms with Crippen molar-refractivity contribution < 1.29 is 4.79 Å². The highest BCUT2D eigenvalue weighted by Gasteiger charge is 2.18. The van der Waals surface area contributed by atoms with Gasteiger partial charge in [0.15, 0.2) is 5.69 Å². The number of aromatic nitrogens is 3. The van der Waals surface area contributed by atoms with E-state index in [2.05, 4.69) is 10.4 Å². The van der Waals surface area contributed by atoms with Gasteiger partial charge in [-0.25, -0.2) is 9.67 Å². The van der Waals surface area contributed by atoms with Crippen molar-refractivity contribution >= 4 is 43.9 Å². The predicted octanol–water partition coefficient (Wildman–Crippen LogP) is 4.46. The average Bonchev–Trinajstić information content (AvgIpc) is 3.20. The van der Waals surface area contributed by atoms with Crippen molar-refractivity contribution in [2.45, 2.75) is 0 Å². The van der Waals surface area contributed by atoms with E-state index < -0.39 is 0 Å². The van der Waals surface area contributed by atoms with Gasteiger partial charge in [0.1, 0.15) is 5.01 Å². The summed E-state index contributed by atoms with van der Waals surface area (Å²) in [6.07, 6.45) is 0. The van der Waals surface area contributed by atoms with Gasteiger partial charge in [-0.3, -0.25) is 9.59 Å². The molecule has 0 atom stereocenters. The van der Waals surface area contributed by atoms with Gasteiger partial charge in [0.25, 0.3) is 11.5 Å². The van der Waals surface area contributed by atoms with Crippen LogP contribution in [-0.2, 0) is 7.05 Å². The molecule has 5 rings (SSSR count). The molecule has 30 heavy (non-hydrogen) atoms. The van der Waals surface area contributed by atoms with Crippen LogP contribution in [0.4, 0.5) is 5.69 Å². The van der Waals surface area contributed by atoms with Crippen LogP contribution < -0.4 is 10.9 Å². The molecule has 0 aliphatic rings. The Morgan fingerprint density at radius 3 is 2.47 bits per heavy atom. The Kier molecular flexibility index (Phi) is 4.37. The Morgan fingerprint density at radius 2 is 1.63 bits per heavy atom. The monoisotopic (exact) mass is 412 g/mol. The van der Waals surface area contributed by atoms with E-state index in [-0.39, 0.29) is 17.2 Å². The Balaban J connectivity index is 1.58. The van der Waals surface area contributed by atoms with Crippen LogP contribution in [0, 0.1) is 0 Å². The number of carbonyl (C=O) groups is 1. The molecular weight excluding hydrogens is 396 g/mol. The van der Waals surface area contributed by atoms with Crippen LogP contribution in [0.25, 0.3) is 31.6 Å². The molecule has 1 N–H and O–H groups in total. The first kappa shape index (κ1) is 18.2. The van der Waals surface area contributed by atoms with Crippen LogP contribution >= 0.6 is 11.3 Å². The third-order valence-corrected chi connectivity index (χ3v) is 5.94. The minimum Gasteiger partial charge on any atom is -0.320 e. The van der Waals surface area contributed by atoms with E-state index in [0.717, 1.165) is 20.8 Å². The van der Waals surface area contributed by atoms with Crippen LogP contribution in [0.15, 0.2) is 77.6 Å². The van der Waals surface area contributed by atoms with Gasteiger partial charge in [0.05, 0.1) is 21.3 Å². The molecule has 146 valence electrons. The van der Waals surface area contributed by atoms with Crippen molar-refractivity contribution in [3.8, 4) is 10.6 Å². The van der Waals surface area contributed by atoms with Crippen LogP contribution in [0.3, 0.4) is 0 Å². The molecule has 6 nitrogen and oxygen atoms in total. The minimum absolute atomic E-state index is 0.201. The minimum atomic E-state index is -0.379. The molecular formula is C23H16N4O2S. The fraction of sp³-hybridized carbons (Fsp3) is 0.0435. The molecule has 0 spiro atoms. The third-order valence-electron chi connectivity index (χ3n) is 4.87. The molecule has 0 fully saturated rings. The average molecular weight is 412 g/mol. The summed E-state index contributed by atoms with van der Waals surface area (Å²) in [4.78, 5) is 30.2. The van der Waals surface area contributed by atoms with Gasteiger partial charge in [-0.2, -0.15) is 5.10 Å². The Labute approximate surface area is 175 Å². The van der Waals surface area contributed by atoms with Crippen molar-refractivity contribution in [1.82, 2.24) is 14.8 Å². The number of hydrogen-bond donors (Lipinski definition) is 1. The van der Waals surface area contributed by atoms with Gasteiger partial charge in [-0.15, -0.1) is 11.3 Å². The fourth-order valence-corrected chi connectivity index (χ4v) is 4.42. The van der Waals surface area contributed by atoms with Gasteiger partial charge >= 0.3 is 0 Å². The second-order valence-corrected chi connectivity index (χ2v) is 7.84. The molecule has 0 radical (unpaired) electrons. The lowest BCUT2D eigenvalue weighted by Gasteiger charge is -2.11. The predicted molar refractivity (Wildman–Crippen MR) is 120 cm³/mol. The number of nitrogens with one attached hydrogen (secondary N) is 1. The molecule has 0 aliphatic carbocycles. The first-order valence-electron chi connectivity index (χ1n) is 9.34. The SMILES string of the molecule is Cn1nc(C(=O)Nc2ccccc2-c2nc3ccccc3s2)c2ccccc2c1=O. The zero-order valence-electron chi connectivity index (χ0n) is 16.0. The summed E-state index contributed by atoms with van der Waals surface area (Å²) in [6.45, 7) is 0. The maximum Gasteiger partial charge on any atom is 0.276 e. The fourth-order valence-electron chi connectivity index (χ4n) is 3.41. The van der Waals surface area contributed by atoms with Crippen molar-refractivity contribution in [2.75, 3.05) is 5.32 Å². The number of aryl methyl sites for hydroxylation is 1. The Hall–Kier alpha value is -3.84. The lowest BCUT2D eigenvalue weighted by atomic mass is 10.1. The third kappa shape index (κ3) is 3.05. The standard InChI is InChI=1S/C23H16N4O2S/c1-27-23(29)15-9-3-2-8-14(15)20(26-27)21(28)24-17-11-5-4-10-16(17)22-25-18-12-6-7-13-19(18)30-22/h2-13H,1H3,(H,24,28). The van der Waals surface area contributed by atoms with Crippen LogP contribution in [0.2, 0.25) is 0 Å². The van der Waals surface area contributed by atoms with Crippen molar-refractivity contribution in [2.24, 2.45) is 7.05 Å². The highest BCUT2D eigenvalue weighted by molar-refractivity contribution is 7.21. The van der Waals surface area contributed by atoms with E-state index in [1.807, 2.05) is 48.5 Å². The first-order valence-corrected chi connectivity index (χ1v) is 10.2. The molecule has 0 unspecified atom stereocenters. The van der Waals surface area contributed by atoms with E-state index in [4.69, 9.17) is 4.98 Å². The second-order valence-electron chi connectivity index (χ2n) is 6.81. The summed E-state index contributed by atoms with van der Waals surface area (Å²) in [5.74, 6) is -0.379. The maximum atomic E-state index is 13.1. The number of benzene rings is 3. The van der Waals surface area contributed by atoms with E-state index in [1.54, 1.807) is 42.6 Å². The summed E-state index contributed by atoms with van der Waals surface area (Å²) in [5, 5.41) is 8.98. The highest BCUT2D eigenvalue weighted by atomic mass is 32.1. The van der Waals surface area contributed by atoms with Gasteiger partial charge in [0.2, 0.25) is 0 Å². The van der Waals surface area contributed by atoms with Gasteiger partial charge in [-0.05, 0) is 30.3 Å². The summed E-state index contributed by atoms with van der Waals surface area (Å²) in [6, 6.07) is 22.5. The maximum absolute atomic E-state index is 13.1. The van der Waals surface area contributed by atoms with Gasteiger partial charge < -0.3 is 5.32 Å². The summed E-state index contributed by atoms with van der Waals surface area (Å²) in [7, 11) is 1.54. The van der Waals surface area contributed by atoms with Crippen molar-refractivity contribution in [3.63, 3.8) is 0 Å². The van der Waals surface area contributed by atoms with Gasteiger partial charge in [-0.1, -0.05) is 42.5 Å². The number of amides is 1. The largest absolute Gasteiger partial charge is 0.320 e. The van der Waals surface area contributed by atoms with Crippen LogP contribution in [-0.4, -0.2) is 20.7 Å². The number of rotatable bonds is 3. The van der Waals surface area contributed by atoms with Crippen LogP contribution in [0.1, 0.15) is 10.5 Å². The molecule has 1 amide bonds. The smallest absolute Gasteiger partial charge is 0.276 e. The number of fused-ring (bicyclic) bond motifs is 2. The number of thiazole rings is 1. The number of para-hydroxylation sites is 2. The van der Waals surface area contributed by atoms with Crippen molar-refractivity contribution in [1.29, 1.82) is 0 Å². The molecule has 7 heteroatoms. The molecule has 0 saturated heterocycles. The summed E-state index contributed by atoms with van der Waals surface area (Å²) < 4.78 is 2.27. The zero-order valence-corrected chi connectivity index (χ0v) is 16.8. The quantitative estimate of drug-likeness (QED) is 0.475. The lowest BCUT2D eigenvalue weighted by molar-refractivity contribution is 0.102. The lowest BCUT2D eigenvalue weighted by Crippen LogP contribution is -2.25. The first-order chi connectivity index (χ1) is 14.6. The molecule has 0 aliphatic heterocycles. The Morgan fingerprint density at radius 1 is 0.933 bits per heavy atom. The number of nitrogens with zero attached hydrogens (tertiary/aromatic N) is 3. The van der Waals surface area contributed by atoms with E-state index in [0.29, 0.717) is 16.5 Å². The molecule has 0 bridgehead atoms. The molecule has 2 heterocycles. The number of carbonyl (C=O) groups excluding carboxylic acids is 1.